The molecule has 1 nitrogen and oxygen atoms in total. The lowest BCUT2D eigenvalue weighted by Crippen LogP contribution is -2.40. The van der Waals surface area contributed by atoms with Crippen LogP contribution in [0.15, 0.2) is 11.6 Å². The first-order valence-electron chi connectivity index (χ1n) is 9.77. The lowest BCUT2D eigenvalue weighted by atomic mass is 9.74. The van der Waals surface area contributed by atoms with Gasteiger partial charge in [0.25, 0.3) is 0 Å². The lowest BCUT2D eigenvalue weighted by Gasteiger charge is -2.37. The Morgan fingerprint density at radius 3 is 2.52 bits per heavy atom. The summed E-state index contributed by atoms with van der Waals surface area (Å²) in [5, 5.41) is 3.90. The summed E-state index contributed by atoms with van der Waals surface area (Å²) in [6.07, 6.45) is 19.5. The molecule has 0 saturated heterocycles. The fourth-order valence-electron chi connectivity index (χ4n) is 4.35. The van der Waals surface area contributed by atoms with Gasteiger partial charge >= 0.3 is 0 Å². The van der Waals surface area contributed by atoms with E-state index in [-0.39, 0.29) is 0 Å². The van der Waals surface area contributed by atoms with Gasteiger partial charge in [-0.1, -0.05) is 57.6 Å². The average Bonchev–Trinajstić information content (AvgIpc) is 2.55. The fourth-order valence-corrected chi connectivity index (χ4v) is 4.35. The molecule has 0 aromatic heterocycles. The molecule has 2 aliphatic carbocycles. The van der Waals surface area contributed by atoms with Crippen LogP contribution in [0.25, 0.3) is 0 Å². The second-order valence-corrected chi connectivity index (χ2v) is 7.38. The van der Waals surface area contributed by atoms with Crippen LogP contribution in [0, 0.1) is 11.8 Å². The van der Waals surface area contributed by atoms with Crippen molar-refractivity contribution in [2.45, 2.75) is 96.9 Å². The van der Waals surface area contributed by atoms with E-state index in [1.807, 2.05) is 0 Å². The summed E-state index contributed by atoms with van der Waals surface area (Å²) in [6, 6.07) is 0.706. The molecule has 21 heavy (non-hydrogen) atoms. The first-order valence-corrected chi connectivity index (χ1v) is 9.77. The van der Waals surface area contributed by atoms with Crippen molar-refractivity contribution in [1.82, 2.24) is 5.32 Å². The minimum absolute atomic E-state index is 0.706. The van der Waals surface area contributed by atoms with Gasteiger partial charge in [-0.05, 0) is 63.3 Å². The molecule has 0 heterocycles. The molecule has 1 fully saturated rings. The van der Waals surface area contributed by atoms with Gasteiger partial charge in [0, 0.05) is 6.04 Å². The van der Waals surface area contributed by atoms with Crippen molar-refractivity contribution in [3.05, 3.63) is 11.6 Å². The molecule has 2 aliphatic rings. The van der Waals surface area contributed by atoms with E-state index in [1.165, 1.54) is 83.6 Å². The smallest absolute Gasteiger partial charge is 0.0307 e. The predicted octanol–water partition coefficient (Wildman–Crippen LogP) is 5.85. The van der Waals surface area contributed by atoms with Gasteiger partial charge in [0.1, 0.15) is 0 Å². The normalized spacial score (nSPS) is 28.2. The third-order valence-corrected chi connectivity index (χ3v) is 5.67. The summed E-state index contributed by atoms with van der Waals surface area (Å²) in [5.74, 6) is 1.95. The Bertz CT molecular complexity index is 299. The Balaban J connectivity index is 1.87. The molecule has 0 aromatic carbocycles. The van der Waals surface area contributed by atoms with Crippen molar-refractivity contribution < 1.29 is 0 Å². The molecule has 0 aromatic rings. The molecule has 1 N–H and O–H groups in total. The highest BCUT2D eigenvalue weighted by molar-refractivity contribution is 5.15. The Morgan fingerprint density at radius 1 is 1.10 bits per heavy atom. The van der Waals surface area contributed by atoms with Crippen molar-refractivity contribution in [2.75, 3.05) is 6.54 Å². The molecule has 122 valence electrons. The predicted molar refractivity (Wildman–Crippen MR) is 93.6 cm³/mol. The Kier molecular flexibility index (Phi) is 7.85. The van der Waals surface area contributed by atoms with Crippen LogP contribution in [0.3, 0.4) is 0 Å². The van der Waals surface area contributed by atoms with Crippen LogP contribution in [0.5, 0.6) is 0 Å². The minimum atomic E-state index is 0.706. The number of hydrogen-bond acceptors (Lipinski definition) is 1. The summed E-state index contributed by atoms with van der Waals surface area (Å²) < 4.78 is 0. The topological polar surface area (TPSA) is 12.0 Å². The second kappa shape index (κ2) is 9.66. The largest absolute Gasteiger partial charge is 0.310 e. The maximum atomic E-state index is 3.90. The minimum Gasteiger partial charge on any atom is -0.310 e. The Morgan fingerprint density at radius 2 is 1.90 bits per heavy atom. The zero-order valence-electron chi connectivity index (χ0n) is 14.5. The molecular formula is C20H37N. The fraction of sp³-hybridized carbons (Fsp3) is 0.900. The van der Waals surface area contributed by atoms with Gasteiger partial charge in [0.2, 0.25) is 0 Å². The monoisotopic (exact) mass is 291 g/mol. The number of rotatable bonds is 8. The summed E-state index contributed by atoms with van der Waals surface area (Å²) in [5.41, 5.74) is 1.76. The van der Waals surface area contributed by atoms with Crippen LogP contribution >= 0.6 is 0 Å². The van der Waals surface area contributed by atoms with E-state index < -0.39 is 0 Å². The van der Waals surface area contributed by atoms with E-state index in [0.717, 1.165) is 11.8 Å². The molecule has 0 spiro atoms. The summed E-state index contributed by atoms with van der Waals surface area (Å²) >= 11 is 0. The standard InChI is InChI=1S/C20H37N/c1-3-5-9-17-12-14-19(15-13-17)20(21-16-4-2)18-10-7-6-8-11-18/h10,17,19-21H,3-9,11-16H2,1-2H3. The molecule has 0 bridgehead atoms. The molecular weight excluding hydrogens is 254 g/mol. The first-order chi connectivity index (χ1) is 10.3. The quantitative estimate of drug-likeness (QED) is 0.553. The third-order valence-electron chi connectivity index (χ3n) is 5.67. The van der Waals surface area contributed by atoms with E-state index in [2.05, 4.69) is 25.2 Å². The number of unbranched alkanes of at least 4 members (excludes halogenated alkanes) is 1. The highest BCUT2D eigenvalue weighted by atomic mass is 14.9. The second-order valence-electron chi connectivity index (χ2n) is 7.38. The highest BCUT2D eigenvalue weighted by Crippen LogP contribution is 2.37. The van der Waals surface area contributed by atoms with Gasteiger partial charge in [-0.25, -0.2) is 0 Å². The molecule has 2 rings (SSSR count). The van der Waals surface area contributed by atoms with Crippen molar-refractivity contribution in [3.63, 3.8) is 0 Å². The van der Waals surface area contributed by atoms with Gasteiger partial charge in [-0.15, -0.1) is 0 Å². The zero-order chi connectivity index (χ0) is 14.9. The molecule has 1 unspecified atom stereocenters. The van der Waals surface area contributed by atoms with E-state index in [1.54, 1.807) is 5.57 Å². The molecule has 1 saturated carbocycles. The Hall–Kier alpha value is -0.300. The number of hydrogen-bond donors (Lipinski definition) is 1. The van der Waals surface area contributed by atoms with Crippen molar-refractivity contribution in [1.29, 1.82) is 0 Å². The first kappa shape index (κ1) is 17.1. The van der Waals surface area contributed by atoms with Crippen molar-refractivity contribution >= 4 is 0 Å². The molecule has 0 amide bonds. The van der Waals surface area contributed by atoms with Crippen molar-refractivity contribution in [2.24, 2.45) is 11.8 Å². The lowest BCUT2D eigenvalue weighted by molar-refractivity contribution is 0.223. The van der Waals surface area contributed by atoms with Crippen LogP contribution in [0.2, 0.25) is 0 Å². The van der Waals surface area contributed by atoms with Crippen LogP contribution in [0.4, 0.5) is 0 Å². The molecule has 1 heteroatoms. The van der Waals surface area contributed by atoms with E-state index in [4.69, 9.17) is 0 Å². The van der Waals surface area contributed by atoms with Crippen LogP contribution in [-0.2, 0) is 0 Å². The highest BCUT2D eigenvalue weighted by Gasteiger charge is 2.29. The zero-order valence-corrected chi connectivity index (χ0v) is 14.5. The van der Waals surface area contributed by atoms with E-state index in [9.17, 15) is 0 Å². The van der Waals surface area contributed by atoms with Crippen LogP contribution in [-0.4, -0.2) is 12.6 Å². The number of allylic oxidation sites excluding steroid dienone is 1. The number of nitrogens with one attached hydrogen (secondary N) is 1. The maximum Gasteiger partial charge on any atom is 0.0307 e. The third kappa shape index (κ3) is 5.43. The van der Waals surface area contributed by atoms with Gasteiger partial charge in [-0.2, -0.15) is 0 Å². The van der Waals surface area contributed by atoms with Crippen LogP contribution in [0.1, 0.15) is 90.9 Å². The van der Waals surface area contributed by atoms with Crippen LogP contribution < -0.4 is 5.32 Å². The van der Waals surface area contributed by atoms with Gasteiger partial charge in [0.15, 0.2) is 0 Å². The van der Waals surface area contributed by atoms with E-state index in [0.29, 0.717) is 6.04 Å². The maximum absolute atomic E-state index is 3.90. The molecule has 0 aliphatic heterocycles. The summed E-state index contributed by atoms with van der Waals surface area (Å²) in [4.78, 5) is 0. The Labute approximate surface area is 133 Å². The SMILES string of the molecule is CCCCC1CCC(C(NCCC)C2=CCCCC2)CC1. The summed E-state index contributed by atoms with van der Waals surface area (Å²) in [7, 11) is 0. The summed E-state index contributed by atoms with van der Waals surface area (Å²) in [6.45, 7) is 5.81. The average molecular weight is 292 g/mol. The molecule has 0 radical (unpaired) electrons. The van der Waals surface area contributed by atoms with Gasteiger partial charge in [-0.3, -0.25) is 0 Å². The van der Waals surface area contributed by atoms with E-state index >= 15 is 0 Å². The molecule has 1 atom stereocenters. The van der Waals surface area contributed by atoms with Crippen molar-refractivity contribution in [3.8, 4) is 0 Å². The van der Waals surface area contributed by atoms with Gasteiger partial charge < -0.3 is 5.32 Å². The van der Waals surface area contributed by atoms with Gasteiger partial charge in [0.05, 0.1) is 0 Å².